The van der Waals surface area contributed by atoms with E-state index in [1.54, 1.807) is 12.4 Å². The molecule has 0 bridgehead atoms. The Morgan fingerprint density at radius 3 is 2.62 bits per heavy atom. The van der Waals surface area contributed by atoms with E-state index < -0.39 is 0 Å². The molecule has 1 N–H and O–H groups in total. The van der Waals surface area contributed by atoms with Crippen LogP contribution in [0.4, 0.5) is 0 Å². The van der Waals surface area contributed by atoms with Crippen molar-refractivity contribution < 1.29 is 0 Å². The zero-order valence-corrected chi connectivity index (χ0v) is 14.0. The molecule has 2 atom stereocenters. The maximum atomic E-state index is 5.50. The molecule has 24 heavy (non-hydrogen) atoms. The minimum Gasteiger partial charge on any atom is -0.352 e. The average molecular weight is 335 g/mol. The number of hydrogen-bond acceptors (Lipinski definition) is 3. The summed E-state index contributed by atoms with van der Waals surface area (Å²) in [7, 11) is 2.02. The summed E-state index contributed by atoms with van der Waals surface area (Å²) < 4.78 is 2.17. The summed E-state index contributed by atoms with van der Waals surface area (Å²) in [6, 6.07) is 14.2. The highest BCUT2D eigenvalue weighted by Gasteiger charge is 2.39. The molecular formula is C18H17N5S. The van der Waals surface area contributed by atoms with Crippen LogP contribution in [0.1, 0.15) is 23.5 Å². The standard InChI is InChI=1S/C18H17N5S/c1-22-17(16(21-18(22)24)14-5-2-3-9-20-14)15-6-4-12-23(15)13-7-10-19-11-8-13/h2-12,16-17H,1H3,(H,21,24). The maximum Gasteiger partial charge on any atom is 0.169 e. The fourth-order valence-corrected chi connectivity index (χ4v) is 3.44. The molecule has 4 rings (SSSR count). The molecule has 0 saturated carbocycles. The summed E-state index contributed by atoms with van der Waals surface area (Å²) in [4.78, 5) is 10.7. The fourth-order valence-electron chi connectivity index (χ4n) is 3.20. The van der Waals surface area contributed by atoms with Gasteiger partial charge in [0.05, 0.1) is 17.8 Å². The summed E-state index contributed by atoms with van der Waals surface area (Å²) in [5, 5.41) is 4.14. The van der Waals surface area contributed by atoms with Crippen molar-refractivity contribution in [1.29, 1.82) is 0 Å². The lowest BCUT2D eigenvalue weighted by Crippen LogP contribution is -2.25. The minimum absolute atomic E-state index is 0.0131. The van der Waals surface area contributed by atoms with Gasteiger partial charge in [-0.25, -0.2) is 0 Å². The molecule has 6 heteroatoms. The zero-order chi connectivity index (χ0) is 16.5. The summed E-state index contributed by atoms with van der Waals surface area (Å²) in [6.45, 7) is 0. The first-order chi connectivity index (χ1) is 11.8. The lowest BCUT2D eigenvalue weighted by atomic mass is 10.0. The van der Waals surface area contributed by atoms with Crippen molar-refractivity contribution in [3.8, 4) is 5.69 Å². The van der Waals surface area contributed by atoms with Crippen LogP contribution in [0.25, 0.3) is 5.69 Å². The number of rotatable bonds is 3. The van der Waals surface area contributed by atoms with Gasteiger partial charge in [-0.3, -0.25) is 9.97 Å². The lowest BCUT2D eigenvalue weighted by molar-refractivity contribution is 0.357. The van der Waals surface area contributed by atoms with Crippen molar-refractivity contribution in [2.45, 2.75) is 12.1 Å². The number of hydrogen-bond donors (Lipinski definition) is 1. The van der Waals surface area contributed by atoms with Gasteiger partial charge in [0.1, 0.15) is 0 Å². The lowest BCUT2D eigenvalue weighted by Gasteiger charge is -2.25. The smallest absolute Gasteiger partial charge is 0.169 e. The van der Waals surface area contributed by atoms with Gasteiger partial charge in [-0.05, 0) is 48.6 Å². The first kappa shape index (κ1) is 14.8. The van der Waals surface area contributed by atoms with Crippen LogP contribution < -0.4 is 5.32 Å². The van der Waals surface area contributed by atoms with Crippen molar-refractivity contribution in [1.82, 2.24) is 24.8 Å². The third-order valence-corrected chi connectivity index (χ3v) is 4.77. The molecule has 0 amide bonds. The SMILES string of the molecule is CN1C(=S)NC(c2ccccn2)C1c1cccn1-c1ccncc1. The maximum absolute atomic E-state index is 5.50. The molecule has 0 aromatic carbocycles. The Kier molecular flexibility index (Phi) is 3.74. The van der Waals surface area contributed by atoms with Crippen LogP contribution in [0, 0.1) is 0 Å². The second-order valence-electron chi connectivity index (χ2n) is 5.75. The molecule has 120 valence electrons. The van der Waals surface area contributed by atoms with E-state index in [-0.39, 0.29) is 12.1 Å². The molecule has 1 aliphatic rings. The van der Waals surface area contributed by atoms with E-state index in [4.69, 9.17) is 12.2 Å². The van der Waals surface area contributed by atoms with Crippen LogP contribution >= 0.6 is 12.2 Å². The van der Waals surface area contributed by atoms with Crippen LogP contribution in [0.2, 0.25) is 0 Å². The van der Waals surface area contributed by atoms with Gasteiger partial charge in [0.15, 0.2) is 5.11 Å². The quantitative estimate of drug-likeness (QED) is 0.746. The van der Waals surface area contributed by atoms with Gasteiger partial charge in [-0.1, -0.05) is 6.07 Å². The Morgan fingerprint density at radius 1 is 1.04 bits per heavy atom. The third-order valence-electron chi connectivity index (χ3n) is 4.36. The van der Waals surface area contributed by atoms with Crippen molar-refractivity contribution in [2.75, 3.05) is 7.05 Å². The second kappa shape index (κ2) is 6.05. The van der Waals surface area contributed by atoms with Crippen LogP contribution in [-0.4, -0.2) is 31.6 Å². The molecule has 1 saturated heterocycles. The van der Waals surface area contributed by atoms with E-state index in [0.717, 1.165) is 22.2 Å². The van der Waals surface area contributed by atoms with Crippen molar-refractivity contribution in [3.05, 3.63) is 78.6 Å². The highest BCUT2D eigenvalue weighted by atomic mass is 32.1. The van der Waals surface area contributed by atoms with E-state index in [2.05, 4.69) is 43.1 Å². The Bertz CT molecular complexity index is 846. The van der Waals surface area contributed by atoms with Gasteiger partial charge in [-0.2, -0.15) is 0 Å². The Balaban J connectivity index is 1.80. The molecule has 1 aliphatic heterocycles. The van der Waals surface area contributed by atoms with Gasteiger partial charge in [0, 0.05) is 43.2 Å². The summed E-state index contributed by atoms with van der Waals surface area (Å²) in [5.74, 6) is 0. The Hall–Kier alpha value is -2.73. The van der Waals surface area contributed by atoms with E-state index in [1.807, 2.05) is 43.6 Å². The van der Waals surface area contributed by atoms with E-state index in [0.29, 0.717) is 0 Å². The normalized spacial score (nSPS) is 20.2. The van der Waals surface area contributed by atoms with Gasteiger partial charge >= 0.3 is 0 Å². The first-order valence-corrected chi connectivity index (χ1v) is 8.18. The fraction of sp³-hybridized carbons (Fsp3) is 0.167. The van der Waals surface area contributed by atoms with E-state index in [9.17, 15) is 0 Å². The summed E-state index contributed by atoms with van der Waals surface area (Å²) >= 11 is 5.50. The number of aromatic nitrogens is 3. The minimum atomic E-state index is 0.0131. The molecule has 4 heterocycles. The predicted octanol–water partition coefficient (Wildman–Crippen LogP) is 2.87. The van der Waals surface area contributed by atoms with Crippen LogP contribution in [-0.2, 0) is 0 Å². The van der Waals surface area contributed by atoms with E-state index >= 15 is 0 Å². The van der Waals surface area contributed by atoms with Crippen molar-refractivity contribution in [3.63, 3.8) is 0 Å². The second-order valence-corrected chi connectivity index (χ2v) is 6.13. The Labute approximate surface area is 146 Å². The first-order valence-electron chi connectivity index (χ1n) is 7.77. The van der Waals surface area contributed by atoms with E-state index in [1.165, 1.54) is 0 Å². The number of pyridine rings is 2. The molecule has 2 unspecified atom stereocenters. The predicted molar refractivity (Wildman–Crippen MR) is 96.8 cm³/mol. The number of thiocarbonyl (C=S) groups is 1. The number of nitrogens with one attached hydrogen (secondary N) is 1. The molecule has 0 aliphatic carbocycles. The van der Waals surface area contributed by atoms with Gasteiger partial charge in [0.2, 0.25) is 0 Å². The molecule has 3 aromatic heterocycles. The van der Waals surface area contributed by atoms with Crippen molar-refractivity contribution >= 4 is 17.3 Å². The van der Waals surface area contributed by atoms with Gasteiger partial charge in [0.25, 0.3) is 0 Å². The largest absolute Gasteiger partial charge is 0.352 e. The molecule has 0 radical (unpaired) electrons. The highest BCUT2D eigenvalue weighted by Crippen LogP contribution is 2.38. The molecule has 5 nitrogen and oxygen atoms in total. The van der Waals surface area contributed by atoms with Crippen LogP contribution in [0.5, 0.6) is 0 Å². The van der Waals surface area contributed by atoms with Gasteiger partial charge in [-0.15, -0.1) is 0 Å². The highest BCUT2D eigenvalue weighted by molar-refractivity contribution is 7.80. The van der Waals surface area contributed by atoms with Gasteiger partial charge < -0.3 is 14.8 Å². The molecule has 1 fully saturated rings. The zero-order valence-electron chi connectivity index (χ0n) is 13.2. The number of likely N-dealkylation sites (N-methyl/N-ethyl adjacent to an activating group) is 1. The summed E-state index contributed by atoms with van der Waals surface area (Å²) in [6.07, 6.45) is 7.49. The molecule has 3 aromatic rings. The van der Waals surface area contributed by atoms with Crippen LogP contribution in [0.3, 0.4) is 0 Å². The Morgan fingerprint density at radius 2 is 1.88 bits per heavy atom. The van der Waals surface area contributed by atoms with Crippen LogP contribution in [0.15, 0.2) is 67.3 Å². The third kappa shape index (κ3) is 2.45. The molecular weight excluding hydrogens is 318 g/mol. The monoisotopic (exact) mass is 335 g/mol. The summed E-state index contributed by atoms with van der Waals surface area (Å²) in [5.41, 5.74) is 3.22. The topological polar surface area (TPSA) is 46.0 Å². The number of nitrogens with zero attached hydrogens (tertiary/aromatic N) is 4. The molecule has 0 spiro atoms. The average Bonchev–Trinajstić information content (AvgIpc) is 3.22. The van der Waals surface area contributed by atoms with Crippen molar-refractivity contribution in [2.24, 2.45) is 0 Å².